The van der Waals surface area contributed by atoms with Gasteiger partial charge in [-0.05, 0) is 33.1 Å². The van der Waals surface area contributed by atoms with Crippen molar-refractivity contribution in [1.82, 2.24) is 10.2 Å². The third kappa shape index (κ3) is 3.45. The van der Waals surface area contributed by atoms with E-state index in [1.54, 1.807) is 0 Å². The van der Waals surface area contributed by atoms with Crippen LogP contribution in [-0.2, 0) is 9.53 Å². The van der Waals surface area contributed by atoms with Crippen LogP contribution in [0, 0.1) is 0 Å². The van der Waals surface area contributed by atoms with Crippen LogP contribution in [0.3, 0.4) is 0 Å². The van der Waals surface area contributed by atoms with E-state index >= 15 is 0 Å². The molecule has 3 unspecified atom stereocenters. The van der Waals surface area contributed by atoms with Crippen molar-refractivity contribution in [3.05, 3.63) is 0 Å². The lowest BCUT2D eigenvalue weighted by atomic mass is 10.1. The Kier molecular flexibility index (Phi) is 5.01. The molecule has 104 valence electrons. The SMILES string of the molecule is CC(NC1CCOC1C)C(=O)N1CCCCCC1. The van der Waals surface area contributed by atoms with Crippen LogP contribution in [0.25, 0.3) is 0 Å². The molecule has 0 aromatic heterocycles. The number of rotatable bonds is 3. The zero-order valence-corrected chi connectivity index (χ0v) is 11.7. The summed E-state index contributed by atoms with van der Waals surface area (Å²) in [7, 11) is 0. The summed E-state index contributed by atoms with van der Waals surface area (Å²) in [4.78, 5) is 14.4. The molecule has 0 bridgehead atoms. The van der Waals surface area contributed by atoms with Gasteiger partial charge >= 0.3 is 0 Å². The Morgan fingerprint density at radius 3 is 2.50 bits per heavy atom. The summed E-state index contributed by atoms with van der Waals surface area (Å²) in [6.45, 7) is 6.73. The van der Waals surface area contributed by atoms with Crippen LogP contribution in [0.2, 0.25) is 0 Å². The molecule has 2 aliphatic rings. The highest BCUT2D eigenvalue weighted by molar-refractivity contribution is 5.81. The zero-order chi connectivity index (χ0) is 13.0. The molecule has 2 heterocycles. The van der Waals surface area contributed by atoms with E-state index in [0.29, 0.717) is 6.04 Å². The van der Waals surface area contributed by atoms with E-state index in [-0.39, 0.29) is 18.1 Å². The van der Waals surface area contributed by atoms with E-state index in [1.807, 2.05) is 11.8 Å². The fraction of sp³-hybridized carbons (Fsp3) is 0.929. The lowest BCUT2D eigenvalue weighted by molar-refractivity contribution is -0.133. The van der Waals surface area contributed by atoms with Crippen LogP contribution in [0.1, 0.15) is 46.0 Å². The molecule has 0 aliphatic carbocycles. The monoisotopic (exact) mass is 254 g/mol. The Balaban J connectivity index is 1.83. The molecule has 0 aromatic rings. The number of carbonyl (C=O) groups is 1. The molecule has 2 aliphatic heterocycles. The molecule has 0 spiro atoms. The molecule has 0 saturated carbocycles. The third-order valence-corrected chi connectivity index (χ3v) is 4.13. The minimum atomic E-state index is -0.0859. The quantitative estimate of drug-likeness (QED) is 0.831. The molecule has 2 rings (SSSR count). The fourth-order valence-corrected chi connectivity index (χ4v) is 2.91. The van der Waals surface area contributed by atoms with Crippen molar-refractivity contribution in [2.24, 2.45) is 0 Å². The number of carbonyl (C=O) groups excluding carboxylic acids is 1. The molecule has 2 saturated heterocycles. The number of ether oxygens (including phenoxy) is 1. The topological polar surface area (TPSA) is 41.6 Å². The molecule has 4 heteroatoms. The number of amides is 1. The Hall–Kier alpha value is -0.610. The van der Waals surface area contributed by atoms with Crippen LogP contribution < -0.4 is 5.32 Å². The van der Waals surface area contributed by atoms with Gasteiger partial charge in [-0.3, -0.25) is 4.79 Å². The van der Waals surface area contributed by atoms with Crippen LogP contribution in [0.15, 0.2) is 0 Å². The second kappa shape index (κ2) is 6.53. The van der Waals surface area contributed by atoms with Crippen LogP contribution >= 0.6 is 0 Å². The maximum absolute atomic E-state index is 12.4. The van der Waals surface area contributed by atoms with E-state index in [4.69, 9.17) is 4.74 Å². The highest BCUT2D eigenvalue weighted by Crippen LogP contribution is 2.15. The van der Waals surface area contributed by atoms with Crippen molar-refractivity contribution in [2.45, 2.75) is 64.1 Å². The van der Waals surface area contributed by atoms with E-state index in [1.165, 1.54) is 12.8 Å². The molecule has 4 nitrogen and oxygen atoms in total. The van der Waals surface area contributed by atoms with Gasteiger partial charge in [0, 0.05) is 25.7 Å². The predicted molar refractivity (Wildman–Crippen MR) is 71.5 cm³/mol. The first-order chi connectivity index (χ1) is 8.68. The first-order valence-corrected chi connectivity index (χ1v) is 7.35. The first-order valence-electron chi connectivity index (χ1n) is 7.35. The van der Waals surface area contributed by atoms with Gasteiger partial charge in [-0.15, -0.1) is 0 Å². The Labute approximate surface area is 110 Å². The molecule has 18 heavy (non-hydrogen) atoms. The minimum Gasteiger partial charge on any atom is -0.377 e. The maximum atomic E-state index is 12.4. The van der Waals surface area contributed by atoms with Gasteiger partial charge in [0.05, 0.1) is 12.1 Å². The van der Waals surface area contributed by atoms with Crippen LogP contribution in [-0.4, -0.2) is 48.7 Å². The number of nitrogens with one attached hydrogen (secondary N) is 1. The molecule has 0 radical (unpaired) electrons. The van der Waals surface area contributed by atoms with Crippen LogP contribution in [0.4, 0.5) is 0 Å². The van der Waals surface area contributed by atoms with Gasteiger partial charge in [-0.2, -0.15) is 0 Å². The van der Waals surface area contributed by atoms with Gasteiger partial charge < -0.3 is 15.0 Å². The molecule has 1 N–H and O–H groups in total. The number of hydrogen-bond donors (Lipinski definition) is 1. The standard InChI is InChI=1S/C14H26N2O2/c1-11(15-13-7-10-18-12(13)2)14(17)16-8-5-3-4-6-9-16/h11-13,15H,3-10H2,1-2H3. The fourth-order valence-electron chi connectivity index (χ4n) is 2.91. The molecule has 0 aromatic carbocycles. The van der Waals surface area contributed by atoms with Crippen molar-refractivity contribution in [1.29, 1.82) is 0 Å². The maximum Gasteiger partial charge on any atom is 0.239 e. The van der Waals surface area contributed by atoms with Gasteiger partial charge in [-0.25, -0.2) is 0 Å². The number of likely N-dealkylation sites (tertiary alicyclic amines) is 1. The third-order valence-electron chi connectivity index (χ3n) is 4.13. The van der Waals surface area contributed by atoms with Gasteiger partial charge in [0.2, 0.25) is 5.91 Å². The summed E-state index contributed by atoms with van der Waals surface area (Å²) < 4.78 is 5.52. The lowest BCUT2D eigenvalue weighted by Gasteiger charge is -2.27. The molecule has 2 fully saturated rings. The highest BCUT2D eigenvalue weighted by atomic mass is 16.5. The Morgan fingerprint density at radius 1 is 1.28 bits per heavy atom. The van der Waals surface area contributed by atoms with E-state index in [0.717, 1.165) is 39.0 Å². The minimum absolute atomic E-state index is 0.0859. The summed E-state index contributed by atoms with van der Waals surface area (Å²) in [5, 5.41) is 3.43. The second-order valence-corrected chi connectivity index (χ2v) is 5.60. The first kappa shape index (κ1) is 13.8. The van der Waals surface area contributed by atoms with Gasteiger partial charge in [-0.1, -0.05) is 12.8 Å². The summed E-state index contributed by atoms with van der Waals surface area (Å²) in [6, 6.07) is 0.244. The smallest absolute Gasteiger partial charge is 0.239 e. The summed E-state index contributed by atoms with van der Waals surface area (Å²) in [5.41, 5.74) is 0. The van der Waals surface area contributed by atoms with Crippen molar-refractivity contribution in [3.63, 3.8) is 0 Å². The summed E-state index contributed by atoms with van der Waals surface area (Å²) in [6.07, 6.45) is 6.07. The van der Waals surface area contributed by atoms with Crippen molar-refractivity contribution < 1.29 is 9.53 Å². The van der Waals surface area contributed by atoms with E-state index in [9.17, 15) is 4.79 Å². The average molecular weight is 254 g/mol. The largest absolute Gasteiger partial charge is 0.377 e. The summed E-state index contributed by atoms with van der Waals surface area (Å²) >= 11 is 0. The summed E-state index contributed by atoms with van der Waals surface area (Å²) in [5.74, 6) is 0.260. The molecular weight excluding hydrogens is 228 g/mol. The zero-order valence-electron chi connectivity index (χ0n) is 11.7. The van der Waals surface area contributed by atoms with Gasteiger partial charge in [0.1, 0.15) is 0 Å². The average Bonchev–Trinajstić information content (AvgIpc) is 2.63. The molecular formula is C14H26N2O2. The van der Waals surface area contributed by atoms with E-state index in [2.05, 4.69) is 12.2 Å². The lowest BCUT2D eigenvalue weighted by Crippen LogP contribution is -2.50. The second-order valence-electron chi connectivity index (χ2n) is 5.60. The van der Waals surface area contributed by atoms with Crippen molar-refractivity contribution in [2.75, 3.05) is 19.7 Å². The van der Waals surface area contributed by atoms with Crippen LogP contribution in [0.5, 0.6) is 0 Å². The number of hydrogen-bond acceptors (Lipinski definition) is 3. The highest BCUT2D eigenvalue weighted by Gasteiger charge is 2.29. The Bertz CT molecular complexity index is 275. The normalized spacial score (nSPS) is 31.1. The van der Waals surface area contributed by atoms with E-state index < -0.39 is 0 Å². The molecule has 3 atom stereocenters. The number of nitrogens with zero attached hydrogens (tertiary/aromatic N) is 1. The molecule has 1 amide bonds. The van der Waals surface area contributed by atoms with Gasteiger partial charge in [0.15, 0.2) is 0 Å². The Morgan fingerprint density at radius 2 is 1.94 bits per heavy atom. The predicted octanol–water partition coefficient (Wildman–Crippen LogP) is 1.54. The van der Waals surface area contributed by atoms with Crippen molar-refractivity contribution in [3.8, 4) is 0 Å². The van der Waals surface area contributed by atoms with Gasteiger partial charge in [0.25, 0.3) is 0 Å². The van der Waals surface area contributed by atoms with Crippen molar-refractivity contribution >= 4 is 5.91 Å².